The SMILES string of the molecule is CN(CC1CC(O)C1)c1cc(Cl)nc(N)n1. The number of aromatic nitrogens is 2. The van der Waals surface area contributed by atoms with Gasteiger partial charge >= 0.3 is 0 Å². The van der Waals surface area contributed by atoms with Crippen LogP contribution < -0.4 is 10.6 Å². The van der Waals surface area contributed by atoms with Crippen molar-refractivity contribution in [2.24, 2.45) is 5.92 Å². The maximum atomic E-state index is 9.20. The molecule has 0 aliphatic heterocycles. The van der Waals surface area contributed by atoms with Crippen molar-refractivity contribution in [3.8, 4) is 0 Å². The Hall–Kier alpha value is -1.07. The molecule has 0 aromatic carbocycles. The van der Waals surface area contributed by atoms with Gasteiger partial charge in [-0.25, -0.2) is 4.98 Å². The van der Waals surface area contributed by atoms with Crippen LogP contribution in [0.5, 0.6) is 0 Å². The summed E-state index contributed by atoms with van der Waals surface area (Å²) in [7, 11) is 1.93. The zero-order valence-electron chi connectivity index (χ0n) is 9.10. The van der Waals surface area contributed by atoms with Crippen LogP contribution in [0.4, 0.5) is 11.8 Å². The molecule has 0 saturated heterocycles. The highest BCUT2D eigenvalue weighted by Crippen LogP contribution is 2.29. The third kappa shape index (κ3) is 2.54. The minimum atomic E-state index is -0.127. The van der Waals surface area contributed by atoms with Crippen molar-refractivity contribution >= 4 is 23.4 Å². The number of hydrogen-bond donors (Lipinski definition) is 2. The number of halogens is 1. The molecule has 16 heavy (non-hydrogen) atoms. The lowest BCUT2D eigenvalue weighted by atomic mass is 9.82. The second-order valence-electron chi connectivity index (χ2n) is 4.28. The molecule has 0 amide bonds. The Labute approximate surface area is 99.3 Å². The van der Waals surface area contributed by atoms with Crippen molar-refractivity contribution in [2.45, 2.75) is 18.9 Å². The average Bonchev–Trinajstić information content (AvgIpc) is 2.13. The fraction of sp³-hybridized carbons (Fsp3) is 0.600. The molecule has 1 aliphatic rings. The zero-order valence-corrected chi connectivity index (χ0v) is 9.85. The first-order valence-corrected chi connectivity index (χ1v) is 5.61. The van der Waals surface area contributed by atoms with E-state index in [0.29, 0.717) is 11.1 Å². The summed E-state index contributed by atoms with van der Waals surface area (Å²) in [5.41, 5.74) is 5.52. The quantitative estimate of drug-likeness (QED) is 0.771. The molecule has 88 valence electrons. The molecule has 3 N–H and O–H groups in total. The molecule has 5 nitrogen and oxygen atoms in total. The minimum absolute atomic E-state index is 0.127. The second kappa shape index (κ2) is 4.43. The van der Waals surface area contributed by atoms with Gasteiger partial charge in [-0.2, -0.15) is 4.98 Å². The van der Waals surface area contributed by atoms with E-state index in [1.165, 1.54) is 0 Å². The second-order valence-corrected chi connectivity index (χ2v) is 4.67. The van der Waals surface area contributed by atoms with Crippen LogP contribution in [0.2, 0.25) is 5.15 Å². The van der Waals surface area contributed by atoms with E-state index in [0.717, 1.165) is 25.2 Å². The van der Waals surface area contributed by atoms with Gasteiger partial charge in [-0.3, -0.25) is 0 Å². The van der Waals surface area contributed by atoms with Crippen molar-refractivity contribution in [2.75, 3.05) is 24.2 Å². The monoisotopic (exact) mass is 242 g/mol. The molecule has 1 saturated carbocycles. The Bertz CT molecular complexity index is 361. The summed E-state index contributed by atoms with van der Waals surface area (Å²) >= 11 is 5.80. The van der Waals surface area contributed by atoms with E-state index in [-0.39, 0.29) is 12.1 Å². The predicted molar refractivity (Wildman–Crippen MR) is 63.5 cm³/mol. The number of anilines is 2. The van der Waals surface area contributed by atoms with Crippen LogP contribution in [0, 0.1) is 5.92 Å². The minimum Gasteiger partial charge on any atom is -0.393 e. The van der Waals surface area contributed by atoms with Gasteiger partial charge in [-0.1, -0.05) is 11.6 Å². The Morgan fingerprint density at radius 1 is 1.56 bits per heavy atom. The van der Waals surface area contributed by atoms with Crippen molar-refractivity contribution in [3.05, 3.63) is 11.2 Å². The average molecular weight is 243 g/mol. The summed E-state index contributed by atoms with van der Waals surface area (Å²) < 4.78 is 0. The molecule has 0 radical (unpaired) electrons. The van der Waals surface area contributed by atoms with Crippen molar-refractivity contribution < 1.29 is 5.11 Å². The molecule has 0 unspecified atom stereocenters. The van der Waals surface area contributed by atoms with E-state index in [4.69, 9.17) is 17.3 Å². The molecule has 1 heterocycles. The van der Waals surface area contributed by atoms with E-state index in [1.807, 2.05) is 11.9 Å². The van der Waals surface area contributed by atoms with Gasteiger partial charge in [0.25, 0.3) is 0 Å². The van der Waals surface area contributed by atoms with Gasteiger partial charge in [0.1, 0.15) is 11.0 Å². The maximum Gasteiger partial charge on any atom is 0.223 e. The van der Waals surface area contributed by atoms with Gasteiger partial charge in [0, 0.05) is 19.7 Å². The number of nitrogens with two attached hydrogens (primary N) is 1. The van der Waals surface area contributed by atoms with Crippen LogP contribution in [0.25, 0.3) is 0 Å². The molecule has 1 aliphatic carbocycles. The van der Waals surface area contributed by atoms with Crippen LogP contribution in [0.15, 0.2) is 6.07 Å². The molecule has 1 aromatic rings. The van der Waals surface area contributed by atoms with Crippen LogP contribution in [0.1, 0.15) is 12.8 Å². The number of hydrogen-bond acceptors (Lipinski definition) is 5. The standard InChI is InChI=1S/C10H15ClN4O/c1-15(5-6-2-7(16)3-6)9-4-8(11)13-10(12)14-9/h4,6-7,16H,2-3,5H2,1H3,(H2,12,13,14). The Balaban J connectivity index is 2.00. The molecular formula is C10H15ClN4O. The lowest BCUT2D eigenvalue weighted by Gasteiger charge is -2.34. The fourth-order valence-corrected chi connectivity index (χ4v) is 2.13. The van der Waals surface area contributed by atoms with E-state index in [9.17, 15) is 5.11 Å². The number of nitrogens with zero attached hydrogens (tertiary/aromatic N) is 3. The maximum absolute atomic E-state index is 9.20. The highest BCUT2D eigenvalue weighted by atomic mass is 35.5. The molecule has 0 spiro atoms. The Kier molecular flexibility index (Phi) is 3.16. The van der Waals surface area contributed by atoms with Gasteiger partial charge in [-0.05, 0) is 18.8 Å². The zero-order chi connectivity index (χ0) is 11.7. The van der Waals surface area contributed by atoms with Crippen LogP contribution >= 0.6 is 11.6 Å². The molecule has 2 rings (SSSR count). The first kappa shape index (κ1) is 11.4. The number of aliphatic hydroxyl groups is 1. The van der Waals surface area contributed by atoms with E-state index >= 15 is 0 Å². The van der Waals surface area contributed by atoms with Crippen molar-refractivity contribution in [3.63, 3.8) is 0 Å². The summed E-state index contributed by atoms with van der Waals surface area (Å²) in [5, 5.41) is 9.55. The predicted octanol–water partition coefficient (Wildman–Crippen LogP) is 0.919. The van der Waals surface area contributed by atoms with Crippen molar-refractivity contribution in [1.82, 2.24) is 9.97 Å². The molecule has 1 fully saturated rings. The molecule has 0 atom stereocenters. The van der Waals surface area contributed by atoms with Gasteiger partial charge in [0.15, 0.2) is 0 Å². The summed E-state index contributed by atoms with van der Waals surface area (Å²) in [6.07, 6.45) is 1.59. The third-order valence-electron chi connectivity index (χ3n) is 2.83. The van der Waals surface area contributed by atoms with Crippen molar-refractivity contribution in [1.29, 1.82) is 0 Å². The van der Waals surface area contributed by atoms with Gasteiger partial charge in [-0.15, -0.1) is 0 Å². The summed E-state index contributed by atoms with van der Waals surface area (Å²) in [4.78, 5) is 9.90. The molecule has 0 bridgehead atoms. The van der Waals surface area contributed by atoms with Gasteiger partial charge in [0.05, 0.1) is 6.10 Å². The Morgan fingerprint density at radius 2 is 2.25 bits per heavy atom. The van der Waals surface area contributed by atoms with Gasteiger partial charge < -0.3 is 15.7 Å². The van der Waals surface area contributed by atoms with Crippen LogP contribution in [0.3, 0.4) is 0 Å². The first-order valence-electron chi connectivity index (χ1n) is 5.24. The summed E-state index contributed by atoms with van der Waals surface area (Å²) in [5.74, 6) is 1.43. The van der Waals surface area contributed by atoms with Crippen LogP contribution in [-0.4, -0.2) is 34.8 Å². The van der Waals surface area contributed by atoms with Crippen LogP contribution in [-0.2, 0) is 0 Å². The molecule has 1 aromatic heterocycles. The normalized spacial score (nSPS) is 23.9. The fourth-order valence-electron chi connectivity index (χ4n) is 1.95. The molecule has 6 heteroatoms. The Morgan fingerprint density at radius 3 is 2.81 bits per heavy atom. The number of nitrogen functional groups attached to an aromatic ring is 1. The highest BCUT2D eigenvalue weighted by Gasteiger charge is 2.28. The van der Waals surface area contributed by atoms with Gasteiger partial charge in [0.2, 0.25) is 5.95 Å². The first-order chi connectivity index (χ1) is 7.54. The highest BCUT2D eigenvalue weighted by molar-refractivity contribution is 6.29. The van der Waals surface area contributed by atoms with E-state index < -0.39 is 0 Å². The van der Waals surface area contributed by atoms with E-state index in [1.54, 1.807) is 6.07 Å². The van der Waals surface area contributed by atoms with E-state index in [2.05, 4.69) is 9.97 Å². The largest absolute Gasteiger partial charge is 0.393 e. The lowest BCUT2D eigenvalue weighted by Crippen LogP contribution is -2.37. The third-order valence-corrected chi connectivity index (χ3v) is 3.03. The topological polar surface area (TPSA) is 75.3 Å². The molecular weight excluding hydrogens is 228 g/mol. The summed E-state index contributed by atoms with van der Waals surface area (Å²) in [6, 6.07) is 1.69. The smallest absolute Gasteiger partial charge is 0.223 e. The lowest BCUT2D eigenvalue weighted by molar-refractivity contribution is 0.0464. The number of rotatable bonds is 3. The summed E-state index contributed by atoms with van der Waals surface area (Å²) in [6.45, 7) is 0.851. The number of aliphatic hydroxyl groups excluding tert-OH is 1.